The number of carbonyl (C=O) groups excluding carboxylic acids is 1. The summed E-state index contributed by atoms with van der Waals surface area (Å²) in [6, 6.07) is 0. The van der Waals surface area contributed by atoms with Crippen LogP contribution in [0, 0.1) is 23.2 Å². The minimum absolute atomic E-state index is 0.293. The zero-order valence-electron chi connectivity index (χ0n) is 13.3. The van der Waals surface area contributed by atoms with Gasteiger partial charge in [0.05, 0.1) is 0 Å². The maximum atomic E-state index is 12.6. The molecule has 0 atom stereocenters. The van der Waals surface area contributed by atoms with Gasteiger partial charge in [-0.3, -0.25) is 4.79 Å². The number of nitrogens with zero attached hydrogens (tertiary/aromatic N) is 1. The molecule has 0 bridgehead atoms. The van der Waals surface area contributed by atoms with Crippen LogP contribution < -0.4 is 0 Å². The monoisotopic (exact) mass is 299 g/mol. The van der Waals surface area contributed by atoms with Gasteiger partial charge < -0.3 is 4.90 Å². The molecule has 2 nitrogen and oxygen atoms in total. The van der Waals surface area contributed by atoms with Gasteiger partial charge in [-0.1, -0.05) is 20.8 Å². The van der Waals surface area contributed by atoms with Gasteiger partial charge in [0.15, 0.2) is 0 Å². The molecule has 0 unspecified atom stereocenters. The molecule has 0 aromatic carbocycles. The molecule has 0 aromatic rings. The summed E-state index contributed by atoms with van der Waals surface area (Å²) in [6.45, 7) is 8.84. The second kappa shape index (κ2) is 6.68. The quantitative estimate of drug-likeness (QED) is 0.696. The van der Waals surface area contributed by atoms with Gasteiger partial charge in [0.1, 0.15) is 0 Å². The second-order valence-corrected chi connectivity index (χ2v) is 8.15. The smallest absolute Gasteiger partial charge is 0.225 e. The highest BCUT2D eigenvalue weighted by Gasteiger charge is 2.34. The number of halogens is 1. The fraction of sp³-hybridized carbons (Fsp3) is 0.941. The third kappa shape index (κ3) is 3.90. The van der Waals surface area contributed by atoms with Gasteiger partial charge in [-0.15, -0.1) is 11.6 Å². The summed E-state index contributed by atoms with van der Waals surface area (Å²) in [5.74, 6) is 2.87. The predicted octanol–water partition coefficient (Wildman–Crippen LogP) is 4.32. The SMILES string of the molecule is CC(C)(C)C1CCC(C(=O)N2CCC(CCl)CC2)CC1. The van der Waals surface area contributed by atoms with Crippen LogP contribution in [0.15, 0.2) is 0 Å². The van der Waals surface area contributed by atoms with E-state index in [-0.39, 0.29) is 0 Å². The molecule has 3 heteroatoms. The van der Waals surface area contributed by atoms with E-state index >= 15 is 0 Å². The normalized spacial score (nSPS) is 29.5. The number of rotatable bonds is 2. The van der Waals surface area contributed by atoms with Crippen LogP contribution in [-0.4, -0.2) is 29.8 Å². The Labute approximate surface area is 129 Å². The van der Waals surface area contributed by atoms with Crippen molar-refractivity contribution in [3.8, 4) is 0 Å². The highest BCUT2D eigenvalue weighted by atomic mass is 35.5. The van der Waals surface area contributed by atoms with Gasteiger partial charge in [0, 0.05) is 24.9 Å². The van der Waals surface area contributed by atoms with E-state index in [2.05, 4.69) is 25.7 Å². The Kier molecular flexibility index (Phi) is 5.39. The third-order valence-electron chi connectivity index (χ3n) is 5.45. The van der Waals surface area contributed by atoms with Gasteiger partial charge in [0.2, 0.25) is 5.91 Å². The van der Waals surface area contributed by atoms with E-state index < -0.39 is 0 Å². The van der Waals surface area contributed by atoms with E-state index in [4.69, 9.17) is 11.6 Å². The lowest BCUT2D eigenvalue weighted by atomic mass is 9.69. The molecular formula is C17H30ClNO. The van der Waals surface area contributed by atoms with Crippen LogP contribution in [0.3, 0.4) is 0 Å². The van der Waals surface area contributed by atoms with Crippen molar-refractivity contribution in [1.82, 2.24) is 4.90 Å². The first kappa shape index (κ1) is 16.1. The Bertz CT molecular complexity index is 320. The average Bonchev–Trinajstić information content (AvgIpc) is 2.46. The summed E-state index contributed by atoms with van der Waals surface area (Å²) < 4.78 is 0. The molecule has 116 valence electrons. The number of amides is 1. The third-order valence-corrected chi connectivity index (χ3v) is 5.88. The van der Waals surface area contributed by atoms with Crippen LogP contribution in [0.4, 0.5) is 0 Å². The first-order valence-electron chi connectivity index (χ1n) is 8.26. The lowest BCUT2D eigenvalue weighted by molar-refractivity contribution is -0.138. The maximum Gasteiger partial charge on any atom is 0.225 e. The summed E-state index contributed by atoms with van der Waals surface area (Å²) in [7, 11) is 0. The van der Waals surface area contributed by atoms with E-state index in [9.17, 15) is 4.79 Å². The van der Waals surface area contributed by atoms with Gasteiger partial charge in [-0.05, 0) is 55.8 Å². The topological polar surface area (TPSA) is 20.3 Å². The number of likely N-dealkylation sites (tertiary alicyclic amines) is 1. The molecule has 1 saturated carbocycles. The first-order chi connectivity index (χ1) is 9.41. The Morgan fingerprint density at radius 2 is 1.60 bits per heavy atom. The molecular weight excluding hydrogens is 270 g/mol. The molecule has 0 radical (unpaired) electrons. The molecule has 1 aliphatic heterocycles. The van der Waals surface area contributed by atoms with Crippen molar-refractivity contribution in [2.24, 2.45) is 23.2 Å². The van der Waals surface area contributed by atoms with Crippen LogP contribution in [0.25, 0.3) is 0 Å². The van der Waals surface area contributed by atoms with Crippen molar-refractivity contribution in [2.75, 3.05) is 19.0 Å². The average molecular weight is 300 g/mol. The van der Waals surface area contributed by atoms with E-state index in [0.29, 0.717) is 23.2 Å². The molecule has 1 saturated heterocycles. The summed E-state index contributed by atoms with van der Waals surface area (Å²) in [4.78, 5) is 14.7. The van der Waals surface area contributed by atoms with Crippen LogP contribution in [0.2, 0.25) is 0 Å². The fourth-order valence-corrected chi connectivity index (χ4v) is 4.08. The molecule has 2 fully saturated rings. The largest absolute Gasteiger partial charge is 0.342 e. The lowest BCUT2D eigenvalue weighted by Gasteiger charge is -2.39. The maximum absolute atomic E-state index is 12.6. The van der Waals surface area contributed by atoms with Crippen molar-refractivity contribution in [3.05, 3.63) is 0 Å². The lowest BCUT2D eigenvalue weighted by Crippen LogP contribution is -2.43. The van der Waals surface area contributed by atoms with Crippen LogP contribution in [0.5, 0.6) is 0 Å². The number of hydrogen-bond donors (Lipinski definition) is 0. The number of carbonyl (C=O) groups is 1. The van der Waals surface area contributed by atoms with E-state index in [1.54, 1.807) is 0 Å². The van der Waals surface area contributed by atoms with Crippen molar-refractivity contribution in [3.63, 3.8) is 0 Å². The van der Waals surface area contributed by atoms with E-state index in [0.717, 1.165) is 50.6 Å². The summed E-state index contributed by atoms with van der Waals surface area (Å²) in [5.41, 5.74) is 0.396. The van der Waals surface area contributed by atoms with Gasteiger partial charge in [-0.25, -0.2) is 0 Å². The zero-order valence-corrected chi connectivity index (χ0v) is 14.1. The Balaban J connectivity index is 1.80. The standard InChI is InChI=1S/C17H30ClNO/c1-17(2,3)15-6-4-14(5-7-15)16(20)19-10-8-13(12-18)9-11-19/h13-15H,4-12H2,1-3H3. The molecule has 0 aromatic heterocycles. The summed E-state index contributed by atoms with van der Waals surface area (Å²) in [5, 5.41) is 0. The molecule has 2 rings (SSSR count). The van der Waals surface area contributed by atoms with Gasteiger partial charge in [0.25, 0.3) is 0 Å². The molecule has 1 amide bonds. The predicted molar refractivity (Wildman–Crippen MR) is 84.9 cm³/mol. The van der Waals surface area contributed by atoms with Crippen molar-refractivity contribution in [1.29, 1.82) is 0 Å². The molecule has 2 aliphatic rings. The van der Waals surface area contributed by atoms with Crippen molar-refractivity contribution < 1.29 is 4.79 Å². The zero-order chi connectivity index (χ0) is 14.8. The molecule has 1 heterocycles. The number of alkyl halides is 1. The Morgan fingerprint density at radius 3 is 2.05 bits per heavy atom. The summed E-state index contributed by atoms with van der Waals surface area (Å²) in [6.07, 6.45) is 6.81. The highest BCUT2D eigenvalue weighted by Crippen LogP contribution is 2.40. The molecule has 0 spiro atoms. The van der Waals surface area contributed by atoms with Gasteiger partial charge in [-0.2, -0.15) is 0 Å². The number of piperidine rings is 1. The second-order valence-electron chi connectivity index (χ2n) is 7.84. The van der Waals surface area contributed by atoms with Crippen LogP contribution in [-0.2, 0) is 4.79 Å². The van der Waals surface area contributed by atoms with Crippen molar-refractivity contribution >= 4 is 17.5 Å². The number of hydrogen-bond acceptors (Lipinski definition) is 1. The van der Waals surface area contributed by atoms with E-state index in [1.165, 1.54) is 12.8 Å². The minimum Gasteiger partial charge on any atom is -0.342 e. The highest BCUT2D eigenvalue weighted by molar-refractivity contribution is 6.18. The van der Waals surface area contributed by atoms with Gasteiger partial charge >= 0.3 is 0 Å². The minimum atomic E-state index is 0.293. The summed E-state index contributed by atoms with van der Waals surface area (Å²) >= 11 is 5.91. The Hall–Kier alpha value is -0.240. The fourth-order valence-electron chi connectivity index (χ4n) is 3.77. The van der Waals surface area contributed by atoms with E-state index in [1.807, 2.05) is 0 Å². The molecule has 1 aliphatic carbocycles. The van der Waals surface area contributed by atoms with Crippen LogP contribution >= 0.6 is 11.6 Å². The molecule has 0 N–H and O–H groups in total. The van der Waals surface area contributed by atoms with Crippen molar-refractivity contribution in [2.45, 2.75) is 59.3 Å². The Morgan fingerprint density at radius 1 is 1.05 bits per heavy atom. The first-order valence-corrected chi connectivity index (χ1v) is 8.80. The van der Waals surface area contributed by atoms with Crippen LogP contribution in [0.1, 0.15) is 59.3 Å². The molecule has 20 heavy (non-hydrogen) atoms.